The first-order valence-electron chi connectivity index (χ1n) is 2.25. The van der Waals surface area contributed by atoms with E-state index >= 15 is 0 Å². The predicted molar refractivity (Wildman–Crippen MR) is 27.7 cm³/mol. The lowest BCUT2D eigenvalue weighted by Crippen LogP contribution is -2.09. The van der Waals surface area contributed by atoms with Crippen molar-refractivity contribution in [3.05, 3.63) is 0 Å². The molecule has 0 unspecified atom stereocenters. The second kappa shape index (κ2) is 3.77. The molecule has 0 N–H and O–H groups in total. The van der Waals surface area contributed by atoms with E-state index in [2.05, 4.69) is 4.74 Å². The molecule has 0 rings (SSSR count). The van der Waals surface area contributed by atoms with Crippen LogP contribution >= 0.6 is 0 Å². The molecule has 0 amide bonds. The summed E-state index contributed by atoms with van der Waals surface area (Å²) in [6.45, 7) is 0. The molecule has 0 saturated heterocycles. The first-order chi connectivity index (χ1) is 4.20. The summed E-state index contributed by atoms with van der Waals surface area (Å²) >= 11 is 0. The lowest BCUT2D eigenvalue weighted by Gasteiger charge is -1.90. The summed E-state index contributed by atoms with van der Waals surface area (Å²) in [5, 5.41) is 0. The van der Waals surface area contributed by atoms with Crippen molar-refractivity contribution in [2.45, 2.75) is 6.42 Å². The Balaban J connectivity index is 3.59. The normalized spacial score (nSPS) is 8.11. The van der Waals surface area contributed by atoms with Crippen LogP contribution in [0.15, 0.2) is 0 Å². The van der Waals surface area contributed by atoms with Crippen molar-refractivity contribution in [1.82, 2.24) is 0 Å². The van der Waals surface area contributed by atoms with Crippen LogP contribution < -0.4 is 0 Å². The molecule has 0 radical (unpaired) electrons. The van der Waals surface area contributed by atoms with Crippen LogP contribution in [-0.2, 0) is 19.1 Å². The topological polar surface area (TPSA) is 60.4 Å². The number of carbonyl (C=O) groups is 3. The SMILES string of the molecule is COC(=O)CC(=O)C=O. The Morgan fingerprint density at radius 1 is 1.56 bits per heavy atom. The molecule has 4 nitrogen and oxygen atoms in total. The summed E-state index contributed by atoms with van der Waals surface area (Å²) in [4.78, 5) is 29.9. The summed E-state index contributed by atoms with van der Waals surface area (Å²) in [6.07, 6.45) is -0.364. The molecule has 0 bridgehead atoms. The van der Waals surface area contributed by atoms with E-state index in [9.17, 15) is 14.4 Å². The molecule has 0 fully saturated rings. The van der Waals surface area contributed by atoms with Crippen LogP contribution in [0.3, 0.4) is 0 Å². The molecule has 9 heavy (non-hydrogen) atoms. The maximum absolute atomic E-state index is 10.2. The van der Waals surface area contributed by atoms with Gasteiger partial charge < -0.3 is 4.74 Å². The molecule has 50 valence electrons. The van der Waals surface area contributed by atoms with Crippen molar-refractivity contribution in [2.24, 2.45) is 0 Å². The zero-order valence-electron chi connectivity index (χ0n) is 4.92. The maximum atomic E-state index is 10.2. The fourth-order valence-electron chi connectivity index (χ4n) is 0.256. The second-order valence-electron chi connectivity index (χ2n) is 1.34. The molecular formula is C5H6O4. The number of ether oxygens (including phenoxy) is 1. The van der Waals surface area contributed by atoms with Crippen LogP contribution in [0.4, 0.5) is 0 Å². The molecule has 0 aliphatic carbocycles. The van der Waals surface area contributed by atoms with Gasteiger partial charge in [0.25, 0.3) is 0 Å². The molecule has 0 aliphatic heterocycles. The van der Waals surface area contributed by atoms with E-state index in [0.717, 1.165) is 7.11 Å². The number of hydrogen-bond donors (Lipinski definition) is 0. The Morgan fingerprint density at radius 3 is 2.44 bits per heavy atom. The van der Waals surface area contributed by atoms with Gasteiger partial charge in [-0.1, -0.05) is 0 Å². The minimum absolute atomic E-state index is 0.0942. The molecule has 0 heterocycles. The average molecular weight is 130 g/mol. The molecule has 0 spiro atoms. The highest BCUT2D eigenvalue weighted by atomic mass is 16.5. The summed E-state index contributed by atoms with van der Waals surface area (Å²) < 4.78 is 4.10. The van der Waals surface area contributed by atoms with E-state index in [-0.39, 0.29) is 6.29 Å². The van der Waals surface area contributed by atoms with Crippen LogP contribution in [0.5, 0.6) is 0 Å². The van der Waals surface area contributed by atoms with Gasteiger partial charge in [0.15, 0.2) is 6.29 Å². The Kier molecular flexibility index (Phi) is 3.27. The largest absolute Gasteiger partial charge is 0.469 e. The zero-order valence-corrected chi connectivity index (χ0v) is 4.92. The Labute approximate surface area is 51.8 Å². The van der Waals surface area contributed by atoms with E-state index in [4.69, 9.17) is 0 Å². The van der Waals surface area contributed by atoms with Gasteiger partial charge in [0, 0.05) is 0 Å². The van der Waals surface area contributed by atoms with E-state index in [1.165, 1.54) is 0 Å². The number of esters is 1. The molecule has 0 aromatic rings. The van der Waals surface area contributed by atoms with Gasteiger partial charge in [0.05, 0.1) is 7.11 Å². The van der Waals surface area contributed by atoms with Crippen LogP contribution in [0.1, 0.15) is 6.42 Å². The van der Waals surface area contributed by atoms with Crippen molar-refractivity contribution in [2.75, 3.05) is 7.11 Å². The van der Waals surface area contributed by atoms with E-state index in [0.29, 0.717) is 0 Å². The highest BCUT2D eigenvalue weighted by Gasteiger charge is 2.06. The van der Waals surface area contributed by atoms with E-state index in [1.54, 1.807) is 0 Å². The highest BCUT2D eigenvalue weighted by Crippen LogP contribution is 1.82. The molecule has 0 aromatic carbocycles. The van der Waals surface area contributed by atoms with Gasteiger partial charge in [-0.3, -0.25) is 14.4 Å². The predicted octanol–water partition coefficient (Wildman–Crippen LogP) is -0.683. The van der Waals surface area contributed by atoms with Gasteiger partial charge in [0.2, 0.25) is 5.78 Å². The maximum Gasteiger partial charge on any atom is 0.313 e. The van der Waals surface area contributed by atoms with E-state index in [1.807, 2.05) is 0 Å². The lowest BCUT2D eigenvalue weighted by atomic mass is 10.3. The van der Waals surface area contributed by atoms with Crippen LogP contribution in [-0.4, -0.2) is 25.1 Å². The van der Waals surface area contributed by atoms with Crippen LogP contribution in [0, 0.1) is 0 Å². The second-order valence-corrected chi connectivity index (χ2v) is 1.34. The fourth-order valence-corrected chi connectivity index (χ4v) is 0.256. The number of Topliss-reactive ketones (excluding diaryl/α,β-unsaturated/α-hetero) is 1. The lowest BCUT2D eigenvalue weighted by molar-refractivity contribution is -0.144. The van der Waals surface area contributed by atoms with Gasteiger partial charge in [-0.2, -0.15) is 0 Å². The van der Waals surface area contributed by atoms with Crippen molar-refractivity contribution in [3.8, 4) is 0 Å². The first kappa shape index (κ1) is 7.81. The van der Waals surface area contributed by atoms with Crippen molar-refractivity contribution < 1.29 is 19.1 Å². The van der Waals surface area contributed by atoms with Crippen molar-refractivity contribution >= 4 is 18.0 Å². The number of ketones is 1. The van der Waals surface area contributed by atoms with Crippen LogP contribution in [0.2, 0.25) is 0 Å². The third-order valence-corrected chi connectivity index (χ3v) is 0.678. The van der Waals surface area contributed by atoms with Gasteiger partial charge >= 0.3 is 5.97 Å². The quantitative estimate of drug-likeness (QED) is 0.220. The average Bonchev–Trinajstić information content (AvgIpc) is 1.87. The smallest absolute Gasteiger partial charge is 0.313 e. The third-order valence-electron chi connectivity index (χ3n) is 0.678. The van der Waals surface area contributed by atoms with Gasteiger partial charge in [0.1, 0.15) is 6.42 Å². The summed E-state index contributed by atoms with van der Waals surface area (Å²) in [7, 11) is 1.15. The molecule has 0 saturated carbocycles. The number of hydrogen-bond acceptors (Lipinski definition) is 4. The standard InChI is InChI=1S/C5H6O4/c1-9-5(8)2-4(7)3-6/h3H,2H2,1H3. The number of aldehydes is 1. The Morgan fingerprint density at radius 2 is 2.11 bits per heavy atom. The molecule has 0 aromatic heterocycles. The zero-order chi connectivity index (χ0) is 7.28. The van der Waals surface area contributed by atoms with Gasteiger partial charge in [-0.05, 0) is 0 Å². The molecule has 0 atom stereocenters. The van der Waals surface area contributed by atoms with Gasteiger partial charge in [-0.25, -0.2) is 0 Å². The number of carbonyl (C=O) groups excluding carboxylic acids is 3. The summed E-state index contributed by atoms with van der Waals surface area (Å²) in [5.41, 5.74) is 0. The third kappa shape index (κ3) is 3.40. The Hall–Kier alpha value is -1.19. The minimum atomic E-state index is -0.762. The van der Waals surface area contributed by atoms with Crippen molar-refractivity contribution in [3.63, 3.8) is 0 Å². The minimum Gasteiger partial charge on any atom is -0.469 e. The fraction of sp³-hybridized carbons (Fsp3) is 0.400. The molecule has 4 heteroatoms. The van der Waals surface area contributed by atoms with Crippen LogP contribution in [0.25, 0.3) is 0 Å². The highest BCUT2D eigenvalue weighted by molar-refractivity contribution is 6.28. The summed E-state index contributed by atoms with van der Waals surface area (Å²) in [6, 6.07) is 0. The number of rotatable bonds is 3. The van der Waals surface area contributed by atoms with Crippen molar-refractivity contribution in [1.29, 1.82) is 0 Å². The Bertz CT molecular complexity index is 138. The van der Waals surface area contributed by atoms with E-state index < -0.39 is 18.2 Å². The summed E-state index contributed by atoms with van der Waals surface area (Å²) in [5.74, 6) is -1.45. The molecular weight excluding hydrogens is 124 g/mol. The monoisotopic (exact) mass is 130 g/mol. The molecule has 0 aliphatic rings. The first-order valence-corrected chi connectivity index (χ1v) is 2.25. The number of methoxy groups -OCH3 is 1. The van der Waals surface area contributed by atoms with Gasteiger partial charge in [-0.15, -0.1) is 0 Å².